The number of ketones is 1. The molecule has 1 aromatic carbocycles. The van der Waals surface area contributed by atoms with Gasteiger partial charge in [-0.2, -0.15) is 12.8 Å². The van der Waals surface area contributed by atoms with Gasteiger partial charge < -0.3 is 0 Å². The lowest BCUT2D eigenvalue weighted by Crippen LogP contribution is -2.11. The smallest absolute Gasteiger partial charge is 0.283 e. The van der Waals surface area contributed by atoms with Gasteiger partial charge in [0.05, 0.1) is 20.6 Å². The summed E-state index contributed by atoms with van der Waals surface area (Å²) in [5.74, 6) is -0.409. The first-order valence-electron chi connectivity index (χ1n) is 5.90. The summed E-state index contributed by atoms with van der Waals surface area (Å²) in [7, 11) is -4.16. The molecule has 0 amide bonds. The Kier molecular flexibility index (Phi) is 4.25. The van der Waals surface area contributed by atoms with E-state index >= 15 is 0 Å². The van der Waals surface area contributed by atoms with Crippen molar-refractivity contribution >= 4 is 38.8 Å². The quantitative estimate of drug-likeness (QED) is 0.477. The molecule has 7 nitrogen and oxygen atoms in total. The van der Waals surface area contributed by atoms with Gasteiger partial charge in [0.1, 0.15) is 0 Å². The zero-order valence-electron chi connectivity index (χ0n) is 11.2. The molecular formula is C13H9ClN2O5S. The van der Waals surface area contributed by atoms with Gasteiger partial charge >= 0.3 is 0 Å². The zero-order chi connectivity index (χ0) is 16.5. The van der Waals surface area contributed by atoms with E-state index in [4.69, 9.17) is 11.6 Å². The van der Waals surface area contributed by atoms with Crippen LogP contribution in [0.1, 0.15) is 6.92 Å². The molecule has 1 aromatic rings. The number of hydrogen-bond acceptors (Lipinski definition) is 5. The van der Waals surface area contributed by atoms with Crippen LogP contribution >= 0.6 is 11.6 Å². The van der Waals surface area contributed by atoms with Gasteiger partial charge in [-0.25, -0.2) is 0 Å². The molecule has 22 heavy (non-hydrogen) atoms. The van der Waals surface area contributed by atoms with Crippen molar-refractivity contribution in [2.75, 3.05) is 0 Å². The summed E-state index contributed by atoms with van der Waals surface area (Å²) in [6.45, 7) is 1.48. The fourth-order valence-corrected chi connectivity index (χ4v) is 2.98. The van der Waals surface area contributed by atoms with E-state index in [9.17, 15) is 23.3 Å². The third-order valence-electron chi connectivity index (χ3n) is 2.77. The van der Waals surface area contributed by atoms with Crippen LogP contribution < -0.4 is 0 Å². The minimum Gasteiger partial charge on any atom is -0.288 e. The summed E-state index contributed by atoms with van der Waals surface area (Å²) in [6.07, 6.45) is 2.41. The molecule has 114 valence electrons. The standard InChI is InChI=1S/C13H9ClN2O5S/c1-8-5-9(6-12(14)13(8)17)15-22(20,21)11-4-2-3-10(7-11)16(18)19/h2-7H,1H3/b15-9-. The average molecular weight is 341 g/mol. The van der Waals surface area contributed by atoms with Gasteiger partial charge in [0, 0.05) is 17.7 Å². The van der Waals surface area contributed by atoms with E-state index < -0.39 is 20.7 Å². The second kappa shape index (κ2) is 5.82. The molecule has 0 aliphatic heterocycles. The molecule has 0 radical (unpaired) electrons. The lowest BCUT2D eigenvalue weighted by atomic mass is 10.1. The molecule has 0 N–H and O–H groups in total. The van der Waals surface area contributed by atoms with Crippen molar-refractivity contribution in [2.24, 2.45) is 4.40 Å². The van der Waals surface area contributed by atoms with Gasteiger partial charge in [-0.3, -0.25) is 14.9 Å². The van der Waals surface area contributed by atoms with Crippen LogP contribution in [0, 0.1) is 10.1 Å². The monoisotopic (exact) mass is 340 g/mol. The number of nitrogens with zero attached hydrogens (tertiary/aromatic N) is 2. The molecular weight excluding hydrogens is 332 g/mol. The Balaban J connectivity index is 2.48. The second-order valence-corrected chi connectivity index (χ2v) is 6.41. The Hall–Kier alpha value is -2.32. The Morgan fingerprint density at radius 2 is 1.95 bits per heavy atom. The van der Waals surface area contributed by atoms with Gasteiger partial charge in [-0.05, 0) is 25.1 Å². The summed E-state index contributed by atoms with van der Waals surface area (Å²) in [4.78, 5) is 21.2. The molecule has 2 rings (SSSR count). The van der Waals surface area contributed by atoms with Crippen LogP contribution in [-0.4, -0.2) is 24.8 Å². The fourth-order valence-electron chi connectivity index (χ4n) is 1.71. The highest BCUT2D eigenvalue weighted by molar-refractivity contribution is 7.90. The molecule has 0 saturated carbocycles. The maximum absolute atomic E-state index is 12.2. The number of rotatable bonds is 3. The van der Waals surface area contributed by atoms with Crippen molar-refractivity contribution in [3.8, 4) is 0 Å². The molecule has 1 aliphatic rings. The van der Waals surface area contributed by atoms with Crippen LogP contribution in [0.3, 0.4) is 0 Å². The van der Waals surface area contributed by atoms with Gasteiger partial charge in [-0.1, -0.05) is 17.7 Å². The van der Waals surface area contributed by atoms with Crippen LogP contribution in [0.25, 0.3) is 0 Å². The van der Waals surface area contributed by atoms with Gasteiger partial charge in [0.25, 0.3) is 15.7 Å². The van der Waals surface area contributed by atoms with Crippen LogP contribution in [0.4, 0.5) is 5.69 Å². The zero-order valence-corrected chi connectivity index (χ0v) is 12.8. The summed E-state index contributed by atoms with van der Waals surface area (Å²) >= 11 is 5.70. The third-order valence-corrected chi connectivity index (χ3v) is 4.35. The van der Waals surface area contributed by atoms with Crippen LogP contribution in [0.2, 0.25) is 0 Å². The van der Waals surface area contributed by atoms with E-state index in [0.29, 0.717) is 0 Å². The normalized spacial score (nSPS) is 17.2. The minimum atomic E-state index is -4.16. The predicted octanol–water partition coefficient (Wildman–Crippen LogP) is 2.38. The molecule has 0 bridgehead atoms. The summed E-state index contributed by atoms with van der Waals surface area (Å²) in [6, 6.07) is 4.53. The number of nitro benzene ring substituents is 1. The van der Waals surface area contributed by atoms with Crippen LogP contribution in [0.15, 0.2) is 56.3 Å². The number of allylic oxidation sites excluding steroid dienone is 4. The first-order chi connectivity index (χ1) is 10.2. The molecule has 0 unspecified atom stereocenters. The number of sulfonamides is 1. The molecule has 0 atom stereocenters. The van der Waals surface area contributed by atoms with Crippen LogP contribution in [0.5, 0.6) is 0 Å². The topological polar surface area (TPSA) is 107 Å². The first-order valence-corrected chi connectivity index (χ1v) is 7.72. The number of non-ortho nitro benzene ring substituents is 1. The van der Waals surface area contributed by atoms with Crippen molar-refractivity contribution in [3.63, 3.8) is 0 Å². The Morgan fingerprint density at radius 1 is 1.27 bits per heavy atom. The van der Waals surface area contributed by atoms with Crippen molar-refractivity contribution in [1.82, 2.24) is 0 Å². The SMILES string of the molecule is CC1=C/C(=N/S(=O)(=O)c2cccc([N+](=O)[O-])c2)C=C(Cl)C1=O. The largest absolute Gasteiger partial charge is 0.288 e. The number of benzene rings is 1. The number of Topliss-reactive ketones (excluding diaryl/α,β-unsaturated/α-hetero) is 1. The average Bonchev–Trinajstić information content (AvgIpc) is 2.44. The van der Waals surface area contributed by atoms with E-state index in [1.807, 2.05) is 0 Å². The maximum Gasteiger partial charge on any atom is 0.283 e. The summed E-state index contributed by atoms with van der Waals surface area (Å²) in [5.41, 5.74) is -0.130. The Labute approximate surface area is 130 Å². The Bertz CT molecular complexity index is 844. The molecule has 0 heterocycles. The highest BCUT2D eigenvalue weighted by Gasteiger charge is 2.20. The molecule has 0 saturated heterocycles. The van der Waals surface area contributed by atoms with E-state index in [2.05, 4.69) is 4.40 Å². The van der Waals surface area contributed by atoms with E-state index in [1.165, 1.54) is 31.2 Å². The van der Waals surface area contributed by atoms with Crippen molar-refractivity contribution in [1.29, 1.82) is 0 Å². The third kappa shape index (κ3) is 3.29. The van der Waals surface area contributed by atoms with E-state index in [0.717, 1.165) is 12.1 Å². The molecule has 1 aliphatic carbocycles. The van der Waals surface area contributed by atoms with Crippen molar-refractivity contribution < 1.29 is 18.1 Å². The van der Waals surface area contributed by atoms with Gasteiger partial charge in [0.2, 0.25) is 0 Å². The van der Waals surface area contributed by atoms with Gasteiger partial charge in [-0.15, -0.1) is 0 Å². The van der Waals surface area contributed by atoms with E-state index in [1.54, 1.807) is 0 Å². The summed E-state index contributed by atoms with van der Waals surface area (Å²) < 4.78 is 27.9. The Morgan fingerprint density at radius 3 is 2.55 bits per heavy atom. The summed E-state index contributed by atoms with van der Waals surface area (Å²) in [5, 5.41) is 10.5. The highest BCUT2D eigenvalue weighted by Crippen LogP contribution is 2.21. The fraction of sp³-hybridized carbons (Fsp3) is 0.0769. The molecule has 0 fully saturated rings. The second-order valence-electron chi connectivity index (χ2n) is 4.39. The minimum absolute atomic E-state index is 0.0198. The molecule has 0 spiro atoms. The lowest BCUT2D eigenvalue weighted by molar-refractivity contribution is -0.385. The number of nitro groups is 1. The maximum atomic E-state index is 12.2. The highest BCUT2D eigenvalue weighted by atomic mass is 35.5. The lowest BCUT2D eigenvalue weighted by Gasteiger charge is -2.07. The van der Waals surface area contributed by atoms with Crippen LogP contribution in [-0.2, 0) is 14.8 Å². The van der Waals surface area contributed by atoms with Crippen molar-refractivity contribution in [3.05, 3.63) is 57.1 Å². The van der Waals surface area contributed by atoms with Crippen molar-refractivity contribution in [2.45, 2.75) is 11.8 Å². The number of halogens is 1. The first kappa shape index (κ1) is 16.1. The predicted molar refractivity (Wildman–Crippen MR) is 80.4 cm³/mol. The molecule has 9 heteroatoms. The molecule has 0 aromatic heterocycles. The number of hydrogen-bond donors (Lipinski definition) is 0. The van der Waals surface area contributed by atoms with Gasteiger partial charge in [0.15, 0.2) is 5.78 Å². The number of carbonyl (C=O) groups is 1. The van der Waals surface area contributed by atoms with E-state index in [-0.39, 0.29) is 26.9 Å². The number of carbonyl (C=O) groups excluding carboxylic acids is 1.